The second-order valence-electron chi connectivity index (χ2n) is 7.32. The molecule has 1 unspecified atom stereocenters. The summed E-state index contributed by atoms with van der Waals surface area (Å²) >= 11 is 1.25. The molecule has 2 rings (SSSR count). The smallest absolute Gasteiger partial charge is 0.346 e. The molecule has 0 aliphatic rings. The highest BCUT2D eigenvalue weighted by Gasteiger charge is 2.31. The van der Waals surface area contributed by atoms with Crippen molar-refractivity contribution < 1.29 is 19.0 Å². The van der Waals surface area contributed by atoms with Crippen molar-refractivity contribution in [2.75, 3.05) is 7.11 Å². The third kappa shape index (κ3) is 4.22. The lowest BCUT2D eigenvalue weighted by molar-refractivity contribution is 0.0701. The second kappa shape index (κ2) is 7.06. The summed E-state index contributed by atoms with van der Waals surface area (Å²) < 4.78 is 19.0. The van der Waals surface area contributed by atoms with Crippen LogP contribution < -0.4 is 5.30 Å². The Balaban J connectivity index is 2.53. The Morgan fingerprint density at radius 2 is 1.88 bits per heavy atom. The molecule has 0 bridgehead atoms. The summed E-state index contributed by atoms with van der Waals surface area (Å²) in [6.45, 7) is 9.99. The lowest BCUT2D eigenvalue weighted by Gasteiger charge is -2.19. The van der Waals surface area contributed by atoms with Crippen LogP contribution in [-0.2, 0) is 20.7 Å². The maximum Gasteiger partial charge on any atom is 0.346 e. The summed E-state index contributed by atoms with van der Waals surface area (Å²) in [4.78, 5) is 12.9. The molecule has 1 aromatic carbocycles. The van der Waals surface area contributed by atoms with Crippen molar-refractivity contribution in [2.24, 2.45) is 0 Å². The summed E-state index contributed by atoms with van der Waals surface area (Å²) in [6.07, 6.45) is 0.0849. The molecule has 1 N–H and O–H groups in total. The summed E-state index contributed by atoms with van der Waals surface area (Å²) in [5.74, 6) is -0.987. The number of thiophene rings is 1. The van der Waals surface area contributed by atoms with E-state index in [-0.39, 0.29) is 16.5 Å². The van der Waals surface area contributed by atoms with E-state index >= 15 is 0 Å². The number of carboxylic acids is 1. The molecule has 1 atom stereocenters. The monoisotopic (exact) mass is 380 g/mol. The molecule has 136 valence electrons. The summed E-state index contributed by atoms with van der Waals surface area (Å²) in [5, 5.41) is 10.2. The van der Waals surface area contributed by atoms with Gasteiger partial charge in [0.1, 0.15) is 4.88 Å². The van der Waals surface area contributed by atoms with Gasteiger partial charge in [-0.05, 0) is 42.5 Å². The first kappa shape index (κ1) is 19.9. The zero-order valence-corrected chi connectivity index (χ0v) is 17.3. The van der Waals surface area contributed by atoms with Crippen LogP contribution in [0.15, 0.2) is 24.3 Å². The average Bonchev–Trinajstić information content (AvgIpc) is 2.91. The predicted molar refractivity (Wildman–Crippen MR) is 104 cm³/mol. The molecule has 0 amide bonds. The van der Waals surface area contributed by atoms with Gasteiger partial charge in [-0.25, -0.2) is 4.79 Å². The first-order chi connectivity index (χ1) is 11.5. The number of carboxylic acid groups (broad SMARTS) is 1. The Morgan fingerprint density at radius 1 is 1.24 bits per heavy atom. The average molecular weight is 380 g/mol. The van der Waals surface area contributed by atoms with Crippen molar-refractivity contribution in [2.45, 2.75) is 46.2 Å². The Bertz CT molecular complexity index is 846. The van der Waals surface area contributed by atoms with E-state index in [9.17, 15) is 14.5 Å². The van der Waals surface area contributed by atoms with E-state index in [0.29, 0.717) is 10.9 Å². The Hall–Kier alpha value is -1.42. The summed E-state index contributed by atoms with van der Waals surface area (Å²) in [5.41, 5.74) is 2.39. The van der Waals surface area contributed by atoms with E-state index in [1.165, 1.54) is 18.4 Å². The number of aromatic carboxylic acids is 1. The largest absolute Gasteiger partial charge is 0.477 e. The molecule has 0 saturated carbocycles. The quantitative estimate of drug-likeness (QED) is 0.732. The van der Waals surface area contributed by atoms with Gasteiger partial charge in [-0.1, -0.05) is 38.5 Å². The normalized spacial score (nSPS) is 14.3. The molecule has 4 nitrogen and oxygen atoms in total. The van der Waals surface area contributed by atoms with Crippen LogP contribution in [0.3, 0.4) is 0 Å². The van der Waals surface area contributed by atoms with Gasteiger partial charge >= 0.3 is 5.97 Å². The van der Waals surface area contributed by atoms with Crippen molar-refractivity contribution in [3.8, 4) is 0 Å². The maximum atomic E-state index is 13.5. The third-order valence-corrected chi connectivity index (χ3v) is 8.31. The van der Waals surface area contributed by atoms with Crippen LogP contribution in [0.1, 0.15) is 52.0 Å². The van der Waals surface area contributed by atoms with Crippen LogP contribution in [0.4, 0.5) is 0 Å². The van der Waals surface area contributed by atoms with E-state index in [1.807, 2.05) is 58.9 Å². The molecule has 0 spiro atoms. The van der Waals surface area contributed by atoms with Crippen molar-refractivity contribution in [3.05, 3.63) is 50.7 Å². The molecule has 25 heavy (non-hydrogen) atoms. The van der Waals surface area contributed by atoms with Crippen molar-refractivity contribution in [3.63, 3.8) is 0 Å². The molecular weight excluding hydrogens is 355 g/mol. The molecular formula is C19H25O4PS. The minimum absolute atomic E-state index is 0.0849. The Kier molecular flexibility index (Phi) is 5.62. The van der Waals surface area contributed by atoms with Gasteiger partial charge in [0.15, 0.2) is 0 Å². The fraction of sp³-hybridized carbons (Fsp3) is 0.421. The van der Waals surface area contributed by atoms with Gasteiger partial charge in [0.2, 0.25) is 7.37 Å². The van der Waals surface area contributed by atoms with E-state index < -0.39 is 13.3 Å². The summed E-state index contributed by atoms with van der Waals surface area (Å²) in [7, 11) is -1.77. The minimum atomic E-state index is -3.19. The topological polar surface area (TPSA) is 63.6 Å². The Labute approximate surface area is 153 Å². The van der Waals surface area contributed by atoms with Crippen molar-refractivity contribution in [1.29, 1.82) is 0 Å². The van der Waals surface area contributed by atoms with Gasteiger partial charge in [-0.2, -0.15) is 0 Å². The van der Waals surface area contributed by atoms with Crippen LogP contribution in [0.2, 0.25) is 0 Å². The highest BCUT2D eigenvalue weighted by molar-refractivity contribution is 7.66. The van der Waals surface area contributed by atoms with Gasteiger partial charge < -0.3 is 9.63 Å². The number of hydrogen-bond donors (Lipinski definition) is 1. The number of benzene rings is 1. The van der Waals surface area contributed by atoms with Gasteiger partial charge in [0.25, 0.3) is 0 Å². The molecule has 0 fully saturated rings. The Morgan fingerprint density at radius 3 is 2.36 bits per heavy atom. The van der Waals surface area contributed by atoms with Gasteiger partial charge in [0.05, 0.1) is 6.16 Å². The first-order valence-electron chi connectivity index (χ1n) is 8.07. The molecule has 1 heterocycles. The molecule has 0 aliphatic carbocycles. The number of hydrogen-bond acceptors (Lipinski definition) is 4. The van der Waals surface area contributed by atoms with Gasteiger partial charge in [-0.15, -0.1) is 11.3 Å². The number of aryl methyl sites for hydroxylation is 2. The van der Waals surface area contributed by atoms with E-state index in [4.69, 9.17) is 4.52 Å². The number of carbonyl (C=O) groups is 1. The van der Waals surface area contributed by atoms with Crippen LogP contribution in [0.5, 0.6) is 0 Å². The third-order valence-electron chi connectivity index (χ3n) is 4.14. The van der Waals surface area contributed by atoms with Crippen molar-refractivity contribution in [1.82, 2.24) is 0 Å². The SMILES string of the molecule is COP(=O)(Cc1cc(C(C)(C)C)sc1C(=O)O)c1ccc(C)cc1C. The fourth-order valence-electron chi connectivity index (χ4n) is 2.76. The molecule has 6 heteroatoms. The molecule has 1 aromatic heterocycles. The zero-order chi connectivity index (χ0) is 19.0. The van der Waals surface area contributed by atoms with E-state index in [0.717, 1.165) is 16.0 Å². The van der Waals surface area contributed by atoms with Crippen LogP contribution in [0.25, 0.3) is 0 Å². The van der Waals surface area contributed by atoms with Crippen molar-refractivity contribution >= 4 is 30.0 Å². The second-order valence-corrected chi connectivity index (χ2v) is 10.9. The fourth-order valence-corrected chi connectivity index (χ4v) is 6.04. The highest BCUT2D eigenvalue weighted by Crippen LogP contribution is 2.51. The van der Waals surface area contributed by atoms with Crippen LogP contribution in [0, 0.1) is 13.8 Å². The highest BCUT2D eigenvalue weighted by atomic mass is 32.1. The molecule has 0 radical (unpaired) electrons. The lowest BCUT2D eigenvalue weighted by Crippen LogP contribution is -2.13. The van der Waals surface area contributed by atoms with Gasteiger partial charge in [-0.3, -0.25) is 4.57 Å². The maximum absolute atomic E-state index is 13.5. The predicted octanol–water partition coefficient (Wildman–Crippen LogP) is 5.11. The van der Waals surface area contributed by atoms with Gasteiger partial charge in [0, 0.05) is 17.3 Å². The van der Waals surface area contributed by atoms with E-state index in [1.54, 1.807) is 0 Å². The molecule has 2 aromatic rings. The zero-order valence-electron chi connectivity index (χ0n) is 15.5. The van der Waals surface area contributed by atoms with E-state index in [2.05, 4.69) is 0 Å². The first-order valence-corrected chi connectivity index (χ1v) is 10.7. The van der Waals surface area contributed by atoms with Crippen LogP contribution >= 0.6 is 18.7 Å². The standard InChI is InChI=1S/C19H25O4PS/c1-12-7-8-15(13(2)9-12)24(22,23-6)11-14-10-16(19(3,4)5)25-17(14)18(20)21/h7-10H,11H2,1-6H3,(H,20,21). The molecule has 0 saturated heterocycles. The van der Waals surface area contributed by atoms with Crippen LogP contribution in [-0.4, -0.2) is 18.2 Å². The lowest BCUT2D eigenvalue weighted by atomic mass is 9.94. The minimum Gasteiger partial charge on any atom is -0.477 e. The summed E-state index contributed by atoms with van der Waals surface area (Å²) in [6, 6.07) is 7.56. The number of rotatable bonds is 5. The molecule has 0 aliphatic heterocycles.